The number of hydrogen-bond acceptors (Lipinski definition) is 6. The van der Waals surface area contributed by atoms with Gasteiger partial charge in [-0.15, -0.1) is 0 Å². The van der Waals surface area contributed by atoms with Crippen molar-refractivity contribution in [2.75, 3.05) is 0 Å². The maximum absolute atomic E-state index is 12.5. The molecule has 0 spiro atoms. The van der Waals surface area contributed by atoms with Gasteiger partial charge in [-0.2, -0.15) is 10.2 Å². The normalized spacial score (nSPS) is 20.2. The number of carbonyl (C=O) groups is 1. The van der Waals surface area contributed by atoms with Crippen molar-refractivity contribution in [3.63, 3.8) is 0 Å². The minimum Gasteiger partial charge on any atom is -0.456 e. The summed E-state index contributed by atoms with van der Waals surface area (Å²) < 4.78 is 9.11. The van der Waals surface area contributed by atoms with Gasteiger partial charge in [0.05, 0.1) is 11.6 Å². The molecule has 8 nitrogen and oxygen atoms in total. The Morgan fingerprint density at radius 3 is 3.00 bits per heavy atom. The molecule has 1 aliphatic carbocycles. The highest BCUT2D eigenvalue weighted by atomic mass is 16.5. The summed E-state index contributed by atoms with van der Waals surface area (Å²) in [5, 5.41) is 8.29. The summed E-state index contributed by atoms with van der Waals surface area (Å²) in [6.07, 6.45) is 10.8. The number of aromatic nitrogens is 6. The minimum atomic E-state index is -0.358. The molecule has 3 aromatic heterocycles. The van der Waals surface area contributed by atoms with Crippen LogP contribution >= 0.6 is 0 Å². The number of pyridine rings is 1. The van der Waals surface area contributed by atoms with Gasteiger partial charge >= 0.3 is 5.97 Å². The van der Waals surface area contributed by atoms with Crippen LogP contribution in [0.5, 0.6) is 0 Å². The first kappa shape index (κ1) is 14.6. The van der Waals surface area contributed by atoms with E-state index < -0.39 is 0 Å². The van der Waals surface area contributed by atoms with Gasteiger partial charge in [-0.1, -0.05) is 0 Å². The van der Waals surface area contributed by atoms with Crippen LogP contribution in [-0.4, -0.2) is 41.6 Å². The van der Waals surface area contributed by atoms with Crippen molar-refractivity contribution in [3.8, 4) is 5.82 Å². The van der Waals surface area contributed by atoms with Crippen molar-refractivity contribution in [2.24, 2.45) is 0 Å². The van der Waals surface area contributed by atoms with Crippen LogP contribution in [0, 0.1) is 0 Å². The third-order valence-corrected chi connectivity index (χ3v) is 4.18. The molecule has 0 amide bonds. The van der Waals surface area contributed by atoms with E-state index in [2.05, 4.69) is 20.2 Å². The zero-order chi connectivity index (χ0) is 16.4. The molecule has 0 N–H and O–H groups in total. The second kappa shape index (κ2) is 6.23. The Morgan fingerprint density at radius 1 is 1.25 bits per heavy atom. The lowest BCUT2D eigenvalue weighted by molar-refractivity contribution is 0.0209. The van der Waals surface area contributed by atoms with Gasteiger partial charge in [-0.3, -0.25) is 4.68 Å². The largest absolute Gasteiger partial charge is 0.456 e. The van der Waals surface area contributed by atoms with Crippen LogP contribution in [0.4, 0.5) is 0 Å². The summed E-state index contributed by atoms with van der Waals surface area (Å²) in [6, 6.07) is 5.26. The molecule has 122 valence electrons. The summed E-state index contributed by atoms with van der Waals surface area (Å²) in [6.45, 7) is 0. The fourth-order valence-electron chi connectivity index (χ4n) is 3.03. The molecule has 24 heavy (non-hydrogen) atoms. The second-order valence-electron chi connectivity index (χ2n) is 5.67. The average Bonchev–Trinajstić information content (AvgIpc) is 3.36. The Bertz CT molecular complexity index is 815. The van der Waals surface area contributed by atoms with E-state index in [4.69, 9.17) is 4.74 Å². The first-order chi connectivity index (χ1) is 11.8. The molecule has 0 saturated heterocycles. The maximum Gasteiger partial charge on any atom is 0.338 e. The number of nitrogens with zero attached hydrogens (tertiary/aromatic N) is 6. The topological polar surface area (TPSA) is 87.7 Å². The van der Waals surface area contributed by atoms with Crippen molar-refractivity contribution in [3.05, 3.63) is 55.0 Å². The van der Waals surface area contributed by atoms with Crippen molar-refractivity contribution in [1.82, 2.24) is 29.5 Å². The third-order valence-electron chi connectivity index (χ3n) is 4.18. The van der Waals surface area contributed by atoms with E-state index in [1.807, 2.05) is 16.9 Å². The van der Waals surface area contributed by atoms with Gasteiger partial charge in [0.15, 0.2) is 5.82 Å². The number of esters is 1. The first-order valence-corrected chi connectivity index (χ1v) is 7.82. The highest BCUT2D eigenvalue weighted by molar-refractivity contribution is 5.89. The van der Waals surface area contributed by atoms with Gasteiger partial charge < -0.3 is 4.74 Å². The highest BCUT2D eigenvalue weighted by Crippen LogP contribution is 2.32. The summed E-state index contributed by atoms with van der Waals surface area (Å²) in [5.41, 5.74) is 0.446. The number of rotatable bonds is 4. The summed E-state index contributed by atoms with van der Waals surface area (Å²) in [4.78, 5) is 20.6. The highest BCUT2D eigenvalue weighted by Gasteiger charge is 2.32. The predicted molar refractivity (Wildman–Crippen MR) is 83.5 cm³/mol. The second-order valence-corrected chi connectivity index (χ2v) is 5.67. The Hall–Kier alpha value is -3.03. The Kier molecular flexibility index (Phi) is 3.78. The fraction of sp³-hybridized carbons (Fsp3) is 0.312. The van der Waals surface area contributed by atoms with Gasteiger partial charge in [0.2, 0.25) is 0 Å². The smallest absolute Gasteiger partial charge is 0.338 e. The van der Waals surface area contributed by atoms with Crippen LogP contribution in [-0.2, 0) is 4.74 Å². The lowest BCUT2D eigenvalue weighted by Gasteiger charge is -2.20. The molecule has 1 fully saturated rings. The zero-order valence-corrected chi connectivity index (χ0v) is 12.9. The SMILES string of the molecule is O=C(O[C@@H]1CCC[C@H]1n1cccn1)c1ccnc(-n2cncn2)c1. The third kappa shape index (κ3) is 2.78. The summed E-state index contributed by atoms with van der Waals surface area (Å²) >= 11 is 0. The molecule has 0 bridgehead atoms. The monoisotopic (exact) mass is 324 g/mol. The van der Waals surface area contributed by atoms with Crippen molar-refractivity contribution in [1.29, 1.82) is 0 Å². The van der Waals surface area contributed by atoms with E-state index in [0.29, 0.717) is 11.4 Å². The molecule has 1 aliphatic rings. The quantitative estimate of drug-likeness (QED) is 0.680. The number of ether oxygens (including phenoxy) is 1. The van der Waals surface area contributed by atoms with Crippen molar-refractivity contribution in [2.45, 2.75) is 31.4 Å². The standard InChI is InChI=1S/C16H16N6O2/c23-16(12-5-7-18-15(9-12)22-11-17-10-20-22)24-14-4-1-3-13(14)21-8-2-6-19-21/h2,5-11,13-14H,1,3-4H2/t13-,14-/m1/s1. The van der Waals surface area contributed by atoms with Crippen LogP contribution in [0.15, 0.2) is 49.4 Å². The molecule has 3 heterocycles. The Labute approximate surface area is 138 Å². The molecule has 4 rings (SSSR count). The van der Waals surface area contributed by atoms with Gasteiger partial charge in [-0.05, 0) is 37.5 Å². The van der Waals surface area contributed by atoms with Crippen LogP contribution in [0.3, 0.4) is 0 Å². The van der Waals surface area contributed by atoms with Gasteiger partial charge in [0.25, 0.3) is 0 Å². The van der Waals surface area contributed by atoms with Gasteiger partial charge in [0, 0.05) is 18.6 Å². The fourth-order valence-corrected chi connectivity index (χ4v) is 3.03. The molecule has 3 aromatic rings. The van der Waals surface area contributed by atoms with E-state index >= 15 is 0 Å². The van der Waals surface area contributed by atoms with Crippen LogP contribution in [0.2, 0.25) is 0 Å². The molecule has 8 heteroatoms. The molecule has 2 atom stereocenters. The van der Waals surface area contributed by atoms with E-state index in [9.17, 15) is 4.79 Å². The Balaban J connectivity index is 1.51. The molecule has 1 saturated carbocycles. The predicted octanol–water partition coefficient (Wildman–Crippen LogP) is 1.81. The van der Waals surface area contributed by atoms with Gasteiger partial charge in [-0.25, -0.2) is 19.4 Å². The summed E-state index contributed by atoms with van der Waals surface area (Å²) in [7, 11) is 0. The van der Waals surface area contributed by atoms with E-state index in [1.165, 1.54) is 17.3 Å². The molecule has 0 unspecified atom stereocenters. The lowest BCUT2D eigenvalue weighted by atomic mass is 10.2. The zero-order valence-electron chi connectivity index (χ0n) is 12.9. The van der Waals surface area contributed by atoms with Crippen molar-refractivity contribution < 1.29 is 9.53 Å². The maximum atomic E-state index is 12.5. The average molecular weight is 324 g/mol. The van der Waals surface area contributed by atoms with E-state index in [0.717, 1.165) is 19.3 Å². The molecular weight excluding hydrogens is 308 g/mol. The summed E-state index contributed by atoms with van der Waals surface area (Å²) in [5.74, 6) is 0.166. The lowest BCUT2D eigenvalue weighted by Crippen LogP contribution is -2.25. The minimum absolute atomic E-state index is 0.0978. The molecule has 0 aromatic carbocycles. The first-order valence-electron chi connectivity index (χ1n) is 7.82. The van der Waals surface area contributed by atoms with Crippen molar-refractivity contribution >= 4 is 5.97 Å². The molecule has 0 radical (unpaired) electrons. The Morgan fingerprint density at radius 2 is 2.21 bits per heavy atom. The van der Waals surface area contributed by atoms with Crippen LogP contribution in [0.25, 0.3) is 5.82 Å². The van der Waals surface area contributed by atoms with E-state index in [-0.39, 0.29) is 18.1 Å². The molecular formula is C16H16N6O2. The van der Waals surface area contributed by atoms with Crippen LogP contribution in [0.1, 0.15) is 35.7 Å². The van der Waals surface area contributed by atoms with E-state index in [1.54, 1.807) is 24.5 Å². The van der Waals surface area contributed by atoms with Gasteiger partial charge in [0.1, 0.15) is 18.8 Å². The number of carbonyl (C=O) groups excluding carboxylic acids is 1. The molecule has 0 aliphatic heterocycles. The number of hydrogen-bond donors (Lipinski definition) is 0. The van der Waals surface area contributed by atoms with Crippen LogP contribution < -0.4 is 0 Å².